The monoisotopic (exact) mass is 473 g/mol. The number of hydrogen-bond acceptors (Lipinski definition) is 5. The van der Waals surface area contributed by atoms with Crippen LogP contribution in [-0.2, 0) is 20.6 Å². The van der Waals surface area contributed by atoms with Crippen LogP contribution in [0.25, 0.3) is 11.2 Å². The van der Waals surface area contributed by atoms with Crippen LogP contribution in [0, 0.1) is 0 Å². The van der Waals surface area contributed by atoms with E-state index in [9.17, 15) is 14.7 Å². The lowest BCUT2D eigenvalue weighted by Crippen LogP contribution is -2.39. The maximum Gasteiger partial charge on any atom is 0.332 e. The molecule has 2 N–H and O–H groups in total. The summed E-state index contributed by atoms with van der Waals surface area (Å²) in [7, 11) is 3.24. The summed E-state index contributed by atoms with van der Waals surface area (Å²) in [6.07, 6.45) is -0.758. The van der Waals surface area contributed by atoms with Gasteiger partial charge in [-0.25, -0.2) is 4.79 Å². The maximum absolute atomic E-state index is 13.2. The van der Waals surface area contributed by atoms with E-state index >= 15 is 0 Å². The van der Waals surface area contributed by atoms with E-state index < -0.39 is 17.4 Å². The predicted octanol–water partition coefficient (Wildman–Crippen LogP) is 2.93. The van der Waals surface area contributed by atoms with Crippen LogP contribution in [-0.4, -0.2) is 30.3 Å². The molecule has 0 fully saturated rings. The van der Waals surface area contributed by atoms with Crippen LogP contribution in [0.3, 0.4) is 0 Å². The molecule has 10 heteroatoms. The third kappa shape index (κ3) is 4.04. The molecule has 0 aliphatic heterocycles. The smallest absolute Gasteiger partial charge is 0.332 e. The summed E-state index contributed by atoms with van der Waals surface area (Å²) in [5.74, 6) is 0.370. The first-order chi connectivity index (χ1) is 15.3. The average Bonchev–Trinajstić information content (AvgIpc) is 3.13. The van der Waals surface area contributed by atoms with Gasteiger partial charge in [0.2, 0.25) is 5.95 Å². The molecule has 0 unspecified atom stereocenters. The van der Waals surface area contributed by atoms with E-state index in [-0.39, 0.29) is 24.3 Å². The fraction of sp³-hybridized carbons (Fsp3) is 0.227. The van der Waals surface area contributed by atoms with Gasteiger partial charge in [0.15, 0.2) is 11.2 Å². The van der Waals surface area contributed by atoms with E-state index in [0.717, 1.165) is 10.1 Å². The van der Waals surface area contributed by atoms with Crippen molar-refractivity contribution in [2.24, 2.45) is 14.1 Å². The van der Waals surface area contributed by atoms with Crippen molar-refractivity contribution in [3.8, 4) is 0 Å². The van der Waals surface area contributed by atoms with Crippen molar-refractivity contribution in [2.45, 2.75) is 12.6 Å². The molecule has 0 saturated heterocycles. The summed E-state index contributed by atoms with van der Waals surface area (Å²) in [6, 6.07) is 14.2. The van der Waals surface area contributed by atoms with Gasteiger partial charge in [0, 0.05) is 20.6 Å². The van der Waals surface area contributed by atoms with Gasteiger partial charge in [0.25, 0.3) is 5.56 Å². The highest BCUT2D eigenvalue weighted by molar-refractivity contribution is 6.42. The Bertz CT molecular complexity index is 1410. The highest BCUT2D eigenvalue weighted by Gasteiger charge is 2.19. The van der Waals surface area contributed by atoms with Crippen molar-refractivity contribution in [1.29, 1.82) is 0 Å². The number of hydrogen-bond donors (Lipinski definition) is 2. The zero-order valence-corrected chi connectivity index (χ0v) is 18.9. The van der Waals surface area contributed by atoms with E-state index in [1.807, 2.05) is 30.3 Å². The Balaban J connectivity index is 1.70. The number of anilines is 1. The van der Waals surface area contributed by atoms with Gasteiger partial charge >= 0.3 is 5.69 Å². The first-order valence-electron chi connectivity index (χ1n) is 9.85. The standard InChI is InChI=1S/C22H21Cl2N5O3/c1-27-18-19(26-21(27)25-11-17(30)14-6-4-3-5-7-14)28(2)22(32)29(20(18)31)12-13-8-9-15(23)16(24)10-13/h3-10,17,30H,11-12H2,1-2H3,(H,25,26)/t17-/m1/s1. The van der Waals surface area contributed by atoms with Crippen molar-refractivity contribution in [1.82, 2.24) is 18.7 Å². The Morgan fingerprint density at radius 1 is 1.03 bits per heavy atom. The van der Waals surface area contributed by atoms with Crippen molar-refractivity contribution in [3.05, 3.63) is 90.5 Å². The van der Waals surface area contributed by atoms with Crippen LogP contribution in [0.1, 0.15) is 17.2 Å². The summed E-state index contributed by atoms with van der Waals surface area (Å²) in [5.41, 5.74) is 0.983. The third-order valence-electron chi connectivity index (χ3n) is 5.32. The molecule has 4 rings (SSSR count). The lowest BCUT2D eigenvalue weighted by atomic mass is 10.1. The number of aromatic nitrogens is 4. The molecule has 0 aliphatic rings. The molecule has 1 atom stereocenters. The minimum Gasteiger partial charge on any atom is -0.387 e. The van der Waals surface area contributed by atoms with E-state index in [2.05, 4.69) is 10.3 Å². The molecule has 0 aliphatic carbocycles. The van der Waals surface area contributed by atoms with Crippen LogP contribution in [0.4, 0.5) is 5.95 Å². The minimum atomic E-state index is -0.758. The number of rotatable bonds is 6. The van der Waals surface area contributed by atoms with Crippen molar-refractivity contribution >= 4 is 40.3 Å². The van der Waals surface area contributed by atoms with E-state index in [1.54, 1.807) is 36.9 Å². The van der Waals surface area contributed by atoms with Gasteiger partial charge in [-0.05, 0) is 23.3 Å². The summed E-state index contributed by atoms with van der Waals surface area (Å²) < 4.78 is 4.04. The summed E-state index contributed by atoms with van der Waals surface area (Å²) in [4.78, 5) is 30.5. The number of nitrogens with one attached hydrogen (secondary N) is 1. The Kier molecular flexibility index (Phi) is 6.10. The fourth-order valence-corrected chi connectivity index (χ4v) is 3.86. The van der Waals surface area contributed by atoms with Crippen molar-refractivity contribution in [3.63, 3.8) is 0 Å². The van der Waals surface area contributed by atoms with E-state index in [4.69, 9.17) is 23.2 Å². The second-order valence-electron chi connectivity index (χ2n) is 7.46. The highest BCUT2D eigenvalue weighted by atomic mass is 35.5. The van der Waals surface area contributed by atoms with Gasteiger partial charge in [0.05, 0.1) is 22.7 Å². The molecular weight excluding hydrogens is 453 g/mol. The van der Waals surface area contributed by atoms with E-state index in [1.165, 1.54) is 4.57 Å². The normalized spacial score (nSPS) is 12.3. The molecule has 2 aromatic carbocycles. The Morgan fingerprint density at radius 2 is 1.75 bits per heavy atom. The van der Waals surface area contributed by atoms with E-state index in [0.29, 0.717) is 21.6 Å². The minimum absolute atomic E-state index is 0.0407. The Labute approximate surface area is 193 Å². The third-order valence-corrected chi connectivity index (χ3v) is 6.06. The second kappa shape index (κ2) is 8.82. The van der Waals surface area contributed by atoms with Crippen molar-refractivity contribution in [2.75, 3.05) is 11.9 Å². The molecule has 32 heavy (non-hydrogen) atoms. The lowest BCUT2D eigenvalue weighted by molar-refractivity contribution is 0.191. The molecule has 8 nitrogen and oxygen atoms in total. The number of imidazole rings is 1. The summed E-state index contributed by atoms with van der Waals surface area (Å²) >= 11 is 12.0. The number of aryl methyl sites for hydroxylation is 2. The zero-order valence-electron chi connectivity index (χ0n) is 17.4. The summed E-state index contributed by atoms with van der Waals surface area (Å²) in [5, 5.41) is 14.2. The van der Waals surface area contributed by atoms with Gasteiger partial charge in [-0.1, -0.05) is 59.6 Å². The van der Waals surface area contributed by atoms with Gasteiger partial charge < -0.3 is 15.0 Å². The van der Waals surface area contributed by atoms with Crippen LogP contribution < -0.4 is 16.6 Å². The summed E-state index contributed by atoms with van der Waals surface area (Å²) in [6.45, 7) is 0.228. The lowest BCUT2D eigenvalue weighted by Gasteiger charge is -2.12. The molecule has 4 aromatic rings. The second-order valence-corrected chi connectivity index (χ2v) is 8.27. The van der Waals surface area contributed by atoms with Crippen LogP contribution >= 0.6 is 23.2 Å². The van der Waals surface area contributed by atoms with Gasteiger partial charge in [-0.3, -0.25) is 13.9 Å². The zero-order chi connectivity index (χ0) is 23.0. The molecule has 0 spiro atoms. The molecule has 2 heterocycles. The SMILES string of the molecule is Cn1c(NC[C@@H](O)c2ccccc2)nc2c1c(=O)n(Cc1ccc(Cl)c(Cl)c1)c(=O)n2C. The highest BCUT2D eigenvalue weighted by Crippen LogP contribution is 2.23. The van der Waals surface area contributed by atoms with Gasteiger partial charge in [-0.2, -0.15) is 4.98 Å². The van der Waals surface area contributed by atoms with Crippen molar-refractivity contribution < 1.29 is 5.11 Å². The molecule has 0 amide bonds. The Hall–Kier alpha value is -3.07. The molecule has 0 radical (unpaired) electrons. The quantitative estimate of drug-likeness (QED) is 0.448. The van der Waals surface area contributed by atoms with Crippen LogP contribution in [0.2, 0.25) is 10.0 Å². The first-order valence-corrected chi connectivity index (χ1v) is 10.6. The molecule has 0 bridgehead atoms. The maximum atomic E-state index is 13.2. The number of nitrogens with zero attached hydrogens (tertiary/aromatic N) is 4. The first kappa shape index (κ1) is 22.1. The molecule has 166 valence electrons. The predicted molar refractivity (Wildman–Crippen MR) is 126 cm³/mol. The number of fused-ring (bicyclic) bond motifs is 1. The number of aliphatic hydroxyl groups is 1. The van der Waals surface area contributed by atoms with Gasteiger partial charge in [0.1, 0.15) is 0 Å². The molecule has 2 aromatic heterocycles. The molecular formula is C22H21Cl2N5O3. The number of aliphatic hydroxyl groups excluding tert-OH is 1. The number of benzene rings is 2. The van der Waals surface area contributed by atoms with Gasteiger partial charge in [-0.15, -0.1) is 0 Å². The number of halogens is 2. The fourth-order valence-electron chi connectivity index (χ4n) is 3.54. The Morgan fingerprint density at radius 3 is 2.44 bits per heavy atom. The van der Waals surface area contributed by atoms with Crippen LogP contribution in [0.5, 0.6) is 0 Å². The van der Waals surface area contributed by atoms with Crippen LogP contribution in [0.15, 0.2) is 58.1 Å². The average molecular weight is 474 g/mol. The topological polar surface area (TPSA) is 94.1 Å². The largest absolute Gasteiger partial charge is 0.387 e. The molecule has 0 saturated carbocycles.